The quantitative estimate of drug-likeness (QED) is 0.839. The number of hydrogen-bond acceptors (Lipinski definition) is 4. The first-order valence-electron chi connectivity index (χ1n) is 6.05. The van der Waals surface area contributed by atoms with E-state index in [4.69, 9.17) is 19.9 Å². The predicted octanol–water partition coefficient (Wildman–Crippen LogP) is 2.54. The van der Waals surface area contributed by atoms with Crippen LogP contribution in [0.4, 0.5) is 13.2 Å². The van der Waals surface area contributed by atoms with E-state index in [2.05, 4.69) is 0 Å². The lowest BCUT2D eigenvalue weighted by Gasteiger charge is -2.15. The van der Waals surface area contributed by atoms with Gasteiger partial charge in [0.25, 0.3) is 0 Å². The van der Waals surface area contributed by atoms with E-state index in [-0.39, 0.29) is 5.75 Å². The first kappa shape index (κ1) is 16.4. The maximum Gasteiger partial charge on any atom is 0.392 e. The molecule has 0 atom stereocenters. The van der Waals surface area contributed by atoms with Gasteiger partial charge in [0.2, 0.25) is 0 Å². The van der Waals surface area contributed by atoms with Crippen molar-refractivity contribution < 1.29 is 27.4 Å². The van der Waals surface area contributed by atoms with Crippen molar-refractivity contribution in [1.82, 2.24) is 0 Å². The monoisotopic (exact) mass is 293 g/mol. The second-order valence-electron chi connectivity index (χ2n) is 4.07. The van der Waals surface area contributed by atoms with Crippen LogP contribution in [0, 0.1) is 0 Å². The third-order valence-corrected chi connectivity index (χ3v) is 2.62. The van der Waals surface area contributed by atoms with Crippen LogP contribution < -0.4 is 19.9 Å². The molecule has 0 amide bonds. The predicted molar refractivity (Wildman–Crippen MR) is 68.5 cm³/mol. The van der Waals surface area contributed by atoms with Crippen LogP contribution in [-0.4, -0.2) is 33.5 Å². The first-order valence-corrected chi connectivity index (χ1v) is 6.05. The van der Waals surface area contributed by atoms with E-state index in [9.17, 15) is 13.2 Å². The Labute approximate surface area is 115 Å². The Hall–Kier alpha value is -1.63. The van der Waals surface area contributed by atoms with Crippen LogP contribution in [0.3, 0.4) is 0 Å². The van der Waals surface area contributed by atoms with Gasteiger partial charge < -0.3 is 19.9 Å². The zero-order valence-electron chi connectivity index (χ0n) is 11.4. The molecule has 1 aromatic carbocycles. The summed E-state index contributed by atoms with van der Waals surface area (Å²) in [4.78, 5) is 0. The Bertz CT molecular complexity index is 436. The van der Waals surface area contributed by atoms with Gasteiger partial charge in [-0.05, 0) is 24.6 Å². The molecule has 0 unspecified atom stereocenters. The highest BCUT2D eigenvalue weighted by Gasteiger charge is 2.27. The van der Waals surface area contributed by atoms with Crippen molar-refractivity contribution in [1.29, 1.82) is 0 Å². The van der Waals surface area contributed by atoms with Crippen LogP contribution in [-0.2, 0) is 6.42 Å². The molecule has 0 radical (unpaired) electrons. The molecule has 1 aromatic rings. The number of rotatable bonds is 7. The molecule has 0 heterocycles. The van der Waals surface area contributed by atoms with Gasteiger partial charge in [0, 0.05) is 6.07 Å². The fourth-order valence-corrected chi connectivity index (χ4v) is 1.67. The number of ether oxygens (including phenoxy) is 3. The van der Waals surface area contributed by atoms with E-state index in [1.807, 2.05) is 0 Å². The summed E-state index contributed by atoms with van der Waals surface area (Å²) in [5, 5.41) is 0. The van der Waals surface area contributed by atoms with Crippen LogP contribution in [0.2, 0.25) is 0 Å². The minimum absolute atomic E-state index is 0.217. The molecule has 0 saturated heterocycles. The second kappa shape index (κ2) is 7.23. The molecule has 0 saturated carbocycles. The van der Waals surface area contributed by atoms with E-state index in [1.54, 1.807) is 6.07 Å². The van der Waals surface area contributed by atoms with Crippen LogP contribution in [0.15, 0.2) is 12.1 Å². The Kier molecular flexibility index (Phi) is 5.94. The van der Waals surface area contributed by atoms with Gasteiger partial charge in [-0.25, -0.2) is 0 Å². The molecule has 0 spiro atoms. The maximum atomic E-state index is 12.1. The van der Waals surface area contributed by atoms with Crippen molar-refractivity contribution in [3.05, 3.63) is 17.7 Å². The highest BCUT2D eigenvalue weighted by atomic mass is 19.4. The molecule has 20 heavy (non-hydrogen) atoms. The number of hydrogen-bond donors (Lipinski definition) is 1. The van der Waals surface area contributed by atoms with Crippen molar-refractivity contribution in [2.45, 2.75) is 19.0 Å². The van der Waals surface area contributed by atoms with Gasteiger partial charge in [-0.3, -0.25) is 0 Å². The average molecular weight is 293 g/mol. The molecule has 1 rings (SSSR count). The minimum Gasteiger partial charge on any atom is -0.496 e. The normalized spacial score (nSPS) is 11.3. The fraction of sp³-hybridized carbons (Fsp3) is 0.538. The number of halogens is 3. The van der Waals surface area contributed by atoms with Crippen molar-refractivity contribution in [2.75, 3.05) is 27.4 Å². The molecule has 0 aliphatic carbocycles. The first-order chi connectivity index (χ1) is 9.41. The topological polar surface area (TPSA) is 53.7 Å². The zero-order valence-corrected chi connectivity index (χ0v) is 11.4. The van der Waals surface area contributed by atoms with Crippen LogP contribution in [0.5, 0.6) is 17.2 Å². The molecule has 0 aliphatic rings. The summed E-state index contributed by atoms with van der Waals surface area (Å²) in [5.41, 5.74) is 6.30. The van der Waals surface area contributed by atoms with E-state index in [0.717, 1.165) is 5.56 Å². The van der Waals surface area contributed by atoms with Gasteiger partial charge in [-0.15, -0.1) is 0 Å². The van der Waals surface area contributed by atoms with Gasteiger partial charge in [-0.1, -0.05) is 0 Å². The molecule has 2 N–H and O–H groups in total. The van der Waals surface area contributed by atoms with E-state index in [1.165, 1.54) is 20.3 Å². The Morgan fingerprint density at radius 1 is 1.05 bits per heavy atom. The Morgan fingerprint density at radius 2 is 1.70 bits per heavy atom. The van der Waals surface area contributed by atoms with Crippen LogP contribution >= 0.6 is 0 Å². The molecule has 0 aromatic heterocycles. The number of nitrogens with two attached hydrogens (primary N) is 1. The van der Waals surface area contributed by atoms with Crippen molar-refractivity contribution in [3.8, 4) is 17.2 Å². The van der Waals surface area contributed by atoms with Gasteiger partial charge in [0.15, 0.2) is 11.5 Å². The summed E-state index contributed by atoms with van der Waals surface area (Å²) >= 11 is 0. The second-order valence-corrected chi connectivity index (χ2v) is 4.07. The Morgan fingerprint density at radius 3 is 2.20 bits per heavy atom. The van der Waals surface area contributed by atoms with Crippen LogP contribution in [0.25, 0.3) is 0 Å². The van der Waals surface area contributed by atoms with Gasteiger partial charge in [0.1, 0.15) is 5.75 Å². The van der Waals surface area contributed by atoms with Gasteiger partial charge in [0.05, 0.1) is 27.2 Å². The van der Waals surface area contributed by atoms with Gasteiger partial charge in [-0.2, -0.15) is 13.2 Å². The smallest absolute Gasteiger partial charge is 0.392 e. The lowest BCUT2D eigenvalue weighted by Crippen LogP contribution is -2.13. The average Bonchev–Trinajstić information content (AvgIpc) is 2.38. The third kappa shape index (κ3) is 4.80. The lowest BCUT2D eigenvalue weighted by atomic mass is 10.1. The lowest BCUT2D eigenvalue weighted by molar-refractivity contribution is -0.139. The maximum absolute atomic E-state index is 12.1. The summed E-state index contributed by atoms with van der Waals surface area (Å²) in [6.07, 6.45) is -4.71. The fourth-order valence-electron chi connectivity index (χ4n) is 1.67. The summed E-state index contributed by atoms with van der Waals surface area (Å²) in [6.45, 7) is -0.0486. The molecular weight excluding hydrogens is 275 g/mol. The van der Waals surface area contributed by atoms with E-state index >= 15 is 0 Å². The minimum atomic E-state index is -4.25. The Balaban J connectivity index is 2.88. The highest BCUT2D eigenvalue weighted by molar-refractivity contribution is 5.50. The van der Waals surface area contributed by atoms with Crippen molar-refractivity contribution in [3.63, 3.8) is 0 Å². The largest absolute Gasteiger partial charge is 0.496 e. The summed E-state index contributed by atoms with van der Waals surface area (Å²) in [7, 11) is 2.89. The molecule has 7 heteroatoms. The third-order valence-electron chi connectivity index (χ3n) is 2.62. The molecule has 0 aliphatic heterocycles. The number of methoxy groups -OCH3 is 2. The van der Waals surface area contributed by atoms with E-state index < -0.39 is 19.2 Å². The number of alkyl halides is 3. The SMILES string of the molecule is COc1cc(OCCC(F)(F)F)c(OC)cc1CCN. The standard InChI is InChI=1S/C13H18F3NO3/c1-18-10-8-12(20-6-4-13(14,15)16)11(19-2)7-9(10)3-5-17/h7-8H,3-6,17H2,1-2H3. The van der Waals surface area contributed by atoms with Gasteiger partial charge >= 0.3 is 6.18 Å². The summed E-state index contributed by atoms with van der Waals surface area (Å²) in [5.74, 6) is 1.09. The highest BCUT2D eigenvalue weighted by Crippen LogP contribution is 2.35. The van der Waals surface area contributed by atoms with Crippen LogP contribution in [0.1, 0.15) is 12.0 Å². The summed E-state index contributed by atoms with van der Waals surface area (Å²) in [6, 6.07) is 3.18. The zero-order chi connectivity index (χ0) is 15.2. The molecular formula is C13H18F3NO3. The molecule has 4 nitrogen and oxygen atoms in total. The molecule has 0 fully saturated rings. The summed E-state index contributed by atoms with van der Waals surface area (Å²) < 4.78 is 51.7. The number of benzene rings is 1. The van der Waals surface area contributed by atoms with E-state index in [0.29, 0.717) is 24.5 Å². The molecule has 114 valence electrons. The molecule has 0 bridgehead atoms. The van der Waals surface area contributed by atoms with Crippen molar-refractivity contribution >= 4 is 0 Å². The van der Waals surface area contributed by atoms with Crippen molar-refractivity contribution in [2.24, 2.45) is 5.73 Å².